The Hall–Kier alpha value is -1.96. The predicted octanol–water partition coefficient (Wildman–Crippen LogP) is 5.46. The second kappa shape index (κ2) is 8.05. The van der Waals surface area contributed by atoms with Crippen molar-refractivity contribution < 1.29 is 5.11 Å². The summed E-state index contributed by atoms with van der Waals surface area (Å²) in [6.45, 7) is 9.41. The summed E-state index contributed by atoms with van der Waals surface area (Å²) in [4.78, 5) is 0. The van der Waals surface area contributed by atoms with Gasteiger partial charge in [0.05, 0.1) is 0 Å². The number of rotatable bonds is 7. The molecule has 0 amide bonds. The molecule has 23 heavy (non-hydrogen) atoms. The second-order valence-electron chi connectivity index (χ2n) is 6.55. The number of aryl methyl sites for hydroxylation is 2. The van der Waals surface area contributed by atoms with Crippen LogP contribution in [0.2, 0.25) is 0 Å². The van der Waals surface area contributed by atoms with Crippen LogP contribution in [0.1, 0.15) is 49.4 Å². The van der Waals surface area contributed by atoms with Crippen molar-refractivity contribution in [3.05, 3.63) is 58.7 Å². The van der Waals surface area contributed by atoms with Gasteiger partial charge in [-0.3, -0.25) is 0 Å². The zero-order valence-electron chi connectivity index (χ0n) is 14.8. The Morgan fingerprint density at radius 1 is 1.04 bits per heavy atom. The third-order valence-corrected chi connectivity index (χ3v) is 4.52. The quantitative estimate of drug-likeness (QED) is 0.711. The molecule has 0 radical (unpaired) electrons. The van der Waals surface area contributed by atoms with Crippen LogP contribution < -0.4 is 5.32 Å². The lowest BCUT2D eigenvalue weighted by atomic mass is 9.94. The highest BCUT2D eigenvalue weighted by Gasteiger charge is 2.11. The summed E-state index contributed by atoms with van der Waals surface area (Å²) in [6.07, 6.45) is 2.93. The van der Waals surface area contributed by atoms with E-state index in [-0.39, 0.29) is 0 Å². The lowest BCUT2D eigenvalue weighted by Gasteiger charge is -2.16. The van der Waals surface area contributed by atoms with E-state index in [0.717, 1.165) is 42.6 Å². The molecular weight excluding hydrogens is 282 g/mol. The largest absolute Gasteiger partial charge is 0.507 e. The van der Waals surface area contributed by atoms with Crippen LogP contribution in [0.25, 0.3) is 0 Å². The van der Waals surface area contributed by atoms with Crippen LogP contribution in [0.3, 0.4) is 0 Å². The van der Waals surface area contributed by atoms with Crippen LogP contribution in [-0.2, 0) is 19.4 Å². The molecule has 0 aliphatic rings. The first-order valence-electron chi connectivity index (χ1n) is 8.67. The van der Waals surface area contributed by atoms with Gasteiger partial charge in [-0.15, -0.1) is 0 Å². The Labute approximate surface area is 140 Å². The first-order valence-corrected chi connectivity index (χ1v) is 8.67. The van der Waals surface area contributed by atoms with Gasteiger partial charge in [0, 0.05) is 12.2 Å². The Morgan fingerprint density at radius 3 is 2.30 bits per heavy atom. The molecule has 0 bridgehead atoms. The summed E-state index contributed by atoms with van der Waals surface area (Å²) in [5.41, 5.74) is 5.76. The molecule has 0 spiro atoms. The molecule has 0 heterocycles. The molecule has 0 aliphatic carbocycles. The number of hydrogen-bond donors (Lipinski definition) is 2. The Bertz CT molecular complexity index is 631. The van der Waals surface area contributed by atoms with Gasteiger partial charge in [-0.2, -0.15) is 0 Å². The van der Waals surface area contributed by atoms with Crippen molar-refractivity contribution in [2.45, 2.75) is 53.5 Å². The van der Waals surface area contributed by atoms with E-state index >= 15 is 0 Å². The zero-order valence-corrected chi connectivity index (χ0v) is 14.8. The van der Waals surface area contributed by atoms with Crippen LogP contribution in [0.5, 0.6) is 5.75 Å². The van der Waals surface area contributed by atoms with Crippen molar-refractivity contribution in [2.24, 2.45) is 5.92 Å². The maximum atomic E-state index is 10.5. The van der Waals surface area contributed by atoms with Crippen LogP contribution in [0.4, 0.5) is 5.69 Å². The van der Waals surface area contributed by atoms with E-state index in [1.165, 1.54) is 11.1 Å². The molecule has 0 fully saturated rings. The van der Waals surface area contributed by atoms with Gasteiger partial charge in [-0.25, -0.2) is 0 Å². The molecule has 2 nitrogen and oxygen atoms in total. The molecule has 0 saturated carbocycles. The smallest absolute Gasteiger partial charge is 0.121 e. The number of anilines is 1. The van der Waals surface area contributed by atoms with Crippen LogP contribution in [0, 0.1) is 12.8 Å². The average Bonchev–Trinajstić information content (AvgIpc) is 2.56. The number of benzene rings is 2. The first-order chi connectivity index (χ1) is 11.0. The predicted molar refractivity (Wildman–Crippen MR) is 99.1 cm³/mol. The lowest BCUT2D eigenvalue weighted by Crippen LogP contribution is -2.04. The number of phenolic OH excluding ortho intramolecular Hbond substituents is 1. The van der Waals surface area contributed by atoms with Gasteiger partial charge < -0.3 is 10.4 Å². The minimum absolute atomic E-state index is 0.492. The van der Waals surface area contributed by atoms with Crippen molar-refractivity contribution in [1.29, 1.82) is 0 Å². The highest BCUT2D eigenvalue weighted by molar-refractivity contribution is 5.48. The average molecular weight is 311 g/mol. The summed E-state index contributed by atoms with van der Waals surface area (Å²) in [5, 5.41) is 13.9. The Kier molecular flexibility index (Phi) is 6.09. The van der Waals surface area contributed by atoms with Crippen molar-refractivity contribution in [2.75, 3.05) is 5.32 Å². The fraction of sp³-hybridized carbons (Fsp3) is 0.429. The summed E-state index contributed by atoms with van der Waals surface area (Å²) in [6, 6.07) is 12.7. The monoisotopic (exact) mass is 311 g/mol. The third-order valence-electron chi connectivity index (χ3n) is 4.52. The maximum Gasteiger partial charge on any atom is 0.121 e. The third kappa shape index (κ3) is 4.75. The normalized spacial score (nSPS) is 12.2. The molecule has 0 saturated heterocycles. The van der Waals surface area contributed by atoms with Crippen molar-refractivity contribution in [3.8, 4) is 5.75 Å². The van der Waals surface area contributed by atoms with Gasteiger partial charge in [0.1, 0.15) is 5.75 Å². The molecular formula is C21H29NO. The van der Waals surface area contributed by atoms with Gasteiger partial charge in [0.25, 0.3) is 0 Å². The van der Waals surface area contributed by atoms with E-state index in [4.69, 9.17) is 0 Å². The fourth-order valence-electron chi connectivity index (χ4n) is 2.75. The molecule has 2 N–H and O–H groups in total. The number of nitrogens with one attached hydrogen (secondary N) is 1. The molecule has 124 valence electrons. The Balaban J connectivity index is 2.17. The van der Waals surface area contributed by atoms with Gasteiger partial charge in [-0.1, -0.05) is 57.0 Å². The highest BCUT2D eigenvalue weighted by atomic mass is 16.3. The standard InChI is InChI=1S/C21H29NO/c1-5-15(3)11-19-13-17(12-18(6-2)21(19)23)14-22-20-9-7-16(4)8-10-20/h7-10,12-13,15,22-23H,5-6,11,14H2,1-4H3. The molecule has 0 aromatic heterocycles. The maximum absolute atomic E-state index is 10.5. The fourth-order valence-corrected chi connectivity index (χ4v) is 2.75. The second-order valence-corrected chi connectivity index (χ2v) is 6.55. The van der Waals surface area contributed by atoms with E-state index in [9.17, 15) is 5.11 Å². The topological polar surface area (TPSA) is 32.3 Å². The minimum Gasteiger partial charge on any atom is -0.507 e. The zero-order chi connectivity index (χ0) is 16.8. The van der Waals surface area contributed by atoms with Gasteiger partial charge in [0.15, 0.2) is 0 Å². The van der Waals surface area contributed by atoms with Crippen molar-refractivity contribution in [3.63, 3.8) is 0 Å². The number of aromatic hydroxyl groups is 1. The number of hydrogen-bond acceptors (Lipinski definition) is 2. The summed E-state index contributed by atoms with van der Waals surface area (Å²) >= 11 is 0. The van der Waals surface area contributed by atoms with Gasteiger partial charge in [0.2, 0.25) is 0 Å². The van der Waals surface area contributed by atoms with E-state index in [1.54, 1.807) is 0 Å². The van der Waals surface area contributed by atoms with E-state index in [2.05, 4.69) is 69.4 Å². The lowest BCUT2D eigenvalue weighted by molar-refractivity contribution is 0.451. The van der Waals surface area contributed by atoms with Crippen LogP contribution in [0.15, 0.2) is 36.4 Å². The Morgan fingerprint density at radius 2 is 1.70 bits per heavy atom. The summed E-state index contributed by atoms with van der Waals surface area (Å²) in [5.74, 6) is 1.08. The van der Waals surface area contributed by atoms with Crippen molar-refractivity contribution >= 4 is 5.69 Å². The minimum atomic E-state index is 0.492. The van der Waals surface area contributed by atoms with E-state index in [0.29, 0.717) is 11.7 Å². The molecule has 2 rings (SSSR count). The summed E-state index contributed by atoms with van der Waals surface area (Å²) < 4.78 is 0. The molecule has 2 aromatic carbocycles. The van der Waals surface area contributed by atoms with E-state index < -0.39 is 0 Å². The molecule has 1 unspecified atom stereocenters. The highest BCUT2D eigenvalue weighted by Crippen LogP contribution is 2.28. The summed E-state index contributed by atoms with van der Waals surface area (Å²) in [7, 11) is 0. The van der Waals surface area contributed by atoms with E-state index in [1.807, 2.05) is 0 Å². The SMILES string of the molecule is CCc1cc(CNc2ccc(C)cc2)cc(CC(C)CC)c1O. The molecule has 2 heteroatoms. The van der Waals surface area contributed by atoms with Crippen LogP contribution in [-0.4, -0.2) is 5.11 Å². The number of phenols is 1. The van der Waals surface area contributed by atoms with Gasteiger partial charge in [-0.05, 0) is 54.5 Å². The first kappa shape index (κ1) is 17.4. The molecule has 2 aromatic rings. The van der Waals surface area contributed by atoms with Gasteiger partial charge >= 0.3 is 0 Å². The molecule has 1 atom stereocenters. The van der Waals surface area contributed by atoms with Crippen molar-refractivity contribution in [1.82, 2.24) is 0 Å². The molecule has 0 aliphatic heterocycles. The van der Waals surface area contributed by atoms with Crippen LogP contribution >= 0.6 is 0 Å².